The molecule has 1 heterocycles. The van der Waals surface area contributed by atoms with Crippen molar-refractivity contribution in [2.75, 3.05) is 5.73 Å². The highest BCUT2D eigenvalue weighted by molar-refractivity contribution is 6.08. The minimum absolute atomic E-state index is 0.153. The van der Waals surface area contributed by atoms with Crippen LogP contribution in [-0.4, -0.2) is 4.98 Å². The van der Waals surface area contributed by atoms with Gasteiger partial charge in [0, 0.05) is 5.56 Å². The van der Waals surface area contributed by atoms with E-state index in [0.29, 0.717) is 23.4 Å². The van der Waals surface area contributed by atoms with Gasteiger partial charge in [-0.1, -0.05) is 42.5 Å². The van der Waals surface area contributed by atoms with Gasteiger partial charge in [0.25, 0.3) is 0 Å². The second kappa shape index (κ2) is 8.18. The Morgan fingerprint density at radius 1 is 1.00 bits per heavy atom. The third-order valence-electron chi connectivity index (χ3n) is 5.42. The van der Waals surface area contributed by atoms with Gasteiger partial charge in [-0.2, -0.15) is 10.5 Å². The lowest BCUT2D eigenvalue weighted by Gasteiger charge is -2.11. The van der Waals surface area contributed by atoms with Gasteiger partial charge in [0.2, 0.25) is 0 Å². The predicted molar refractivity (Wildman–Crippen MR) is 121 cm³/mol. The summed E-state index contributed by atoms with van der Waals surface area (Å²) in [6.45, 7) is 4.24. The number of nitrogens with two attached hydrogens (primary N) is 1. The molecule has 4 rings (SSSR count). The lowest BCUT2D eigenvalue weighted by atomic mass is 9.95. The van der Waals surface area contributed by atoms with Crippen LogP contribution in [0.15, 0.2) is 60.2 Å². The van der Waals surface area contributed by atoms with E-state index >= 15 is 0 Å². The van der Waals surface area contributed by atoms with Gasteiger partial charge in [-0.15, -0.1) is 0 Å². The van der Waals surface area contributed by atoms with Crippen LogP contribution in [0, 0.1) is 29.6 Å². The standard InChI is InChI=1S/C26H20N4O/c1-16-21(24-17(2)23(14-28)26(29)30-25(24)22(16)13-27)12-18-8-10-20(11-9-18)31-15-19-6-4-3-5-7-19/h3-12H,15H2,1-2H3,(H2,29,30). The van der Waals surface area contributed by atoms with E-state index < -0.39 is 0 Å². The molecule has 3 aromatic rings. The molecule has 5 heteroatoms. The molecule has 0 bridgehead atoms. The number of nitrogen functional groups attached to an aromatic ring is 1. The first-order valence-electron chi connectivity index (χ1n) is 9.84. The molecule has 2 aromatic carbocycles. The van der Waals surface area contributed by atoms with Gasteiger partial charge in [-0.25, -0.2) is 4.98 Å². The second-order valence-corrected chi connectivity index (χ2v) is 7.35. The quantitative estimate of drug-likeness (QED) is 0.639. The largest absolute Gasteiger partial charge is 0.489 e. The zero-order valence-corrected chi connectivity index (χ0v) is 17.3. The van der Waals surface area contributed by atoms with Crippen molar-refractivity contribution in [3.05, 3.63) is 93.7 Å². The van der Waals surface area contributed by atoms with E-state index in [9.17, 15) is 10.5 Å². The molecule has 0 saturated carbocycles. The van der Waals surface area contributed by atoms with E-state index in [-0.39, 0.29) is 5.82 Å². The summed E-state index contributed by atoms with van der Waals surface area (Å²) in [5, 5.41) is 19.1. The minimum atomic E-state index is 0.153. The lowest BCUT2D eigenvalue weighted by molar-refractivity contribution is 0.306. The van der Waals surface area contributed by atoms with E-state index in [2.05, 4.69) is 17.1 Å². The molecule has 0 amide bonds. The highest BCUT2D eigenvalue weighted by atomic mass is 16.5. The van der Waals surface area contributed by atoms with Gasteiger partial charge in [0.15, 0.2) is 0 Å². The molecular formula is C26H20N4O. The van der Waals surface area contributed by atoms with Crippen molar-refractivity contribution in [1.82, 2.24) is 4.98 Å². The maximum absolute atomic E-state index is 9.67. The van der Waals surface area contributed by atoms with Crippen LogP contribution in [0.1, 0.15) is 40.4 Å². The van der Waals surface area contributed by atoms with Gasteiger partial charge in [0.1, 0.15) is 30.3 Å². The third-order valence-corrected chi connectivity index (χ3v) is 5.42. The van der Waals surface area contributed by atoms with Gasteiger partial charge in [0.05, 0.1) is 16.8 Å². The first kappa shape index (κ1) is 19.9. The molecule has 1 aliphatic rings. The number of ether oxygens (including phenoxy) is 1. The van der Waals surface area contributed by atoms with Crippen LogP contribution in [-0.2, 0) is 6.61 Å². The fourth-order valence-corrected chi connectivity index (χ4v) is 3.76. The van der Waals surface area contributed by atoms with Gasteiger partial charge >= 0.3 is 0 Å². The molecule has 0 unspecified atom stereocenters. The first-order chi connectivity index (χ1) is 15.0. The molecule has 0 radical (unpaired) electrons. The number of fused-ring (bicyclic) bond motifs is 1. The van der Waals surface area contributed by atoms with Crippen molar-refractivity contribution >= 4 is 23.0 Å². The number of hydrogen-bond acceptors (Lipinski definition) is 5. The topological polar surface area (TPSA) is 95.7 Å². The number of rotatable bonds is 4. The molecule has 150 valence electrons. The van der Waals surface area contributed by atoms with Crippen molar-refractivity contribution in [2.24, 2.45) is 0 Å². The van der Waals surface area contributed by atoms with Crippen LogP contribution >= 0.6 is 0 Å². The van der Waals surface area contributed by atoms with Crippen molar-refractivity contribution in [1.29, 1.82) is 10.5 Å². The highest BCUT2D eigenvalue weighted by Crippen LogP contribution is 2.44. The Bertz CT molecular complexity index is 1300. The molecule has 0 aliphatic heterocycles. The van der Waals surface area contributed by atoms with Crippen molar-refractivity contribution < 1.29 is 4.74 Å². The summed E-state index contributed by atoms with van der Waals surface area (Å²) in [5.41, 5.74) is 12.6. The molecule has 2 N–H and O–H groups in total. The van der Waals surface area contributed by atoms with Crippen molar-refractivity contribution in [2.45, 2.75) is 20.5 Å². The fraction of sp³-hybridized carbons (Fsp3) is 0.115. The van der Waals surface area contributed by atoms with Gasteiger partial charge in [-0.05, 0) is 59.9 Å². The Balaban J connectivity index is 1.67. The van der Waals surface area contributed by atoms with Gasteiger partial charge < -0.3 is 10.5 Å². The average molecular weight is 404 g/mol. The summed E-state index contributed by atoms with van der Waals surface area (Å²) >= 11 is 0. The number of nitriles is 2. The number of pyridine rings is 1. The van der Waals surface area contributed by atoms with Gasteiger partial charge in [-0.3, -0.25) is 0 Å². The Morgan fingerprint density at radius 3 is 2.35 bits per heavy atom. The summed E-state index contributed by atoms with van der Waals surface area (Å²) in [6, 6.07) is 22.1. The monoisotopic (exact) mass is 404 g/mol. The normalized spacial score (nSPS) is 13.6. The first-order valence-corrected chi connectivity index (χ1v) is 9.84. The fourth-order valence-electron chi connectivity index (χ4n) is 3.76. The molecule has 0 atom stereocenters. The molecule has 1 aromatic heterocycles. The van der Waals surface area contributed by atoms with Crippen LogP contribution in [0.4, 0.5) is 5.82 Å². The lowest BCUT2D eigenvalue weighted by Crippen LogP contribution is -2.03. The molecule has 31 heavy (non-hydrogen) atoms. The zero-order valence-electron chi connectivity index (χ0n) is 17.3. The van der Waals surface area contributed by atoms with Crippen molar-refractivity contribution in [3.63, 3.8) is 0 Å². The Labute approximate surface area is 181 Å². The van der Waals surface area contributed by atoms with Crippen LogP contribution in [0.25, 0.3) is 17.2 Å². The summed E-state index contributed by atoms with van der Waals surface area (Å²) in [6.07, 6.45) is 2.01. The molecular weight excluding hydrogens is 384 g/mol. The Hall–Kier alpha value is -4.35. The van der Waals surface area contributed by atoms with Crippen LogP contribution in [0.3, 0.4) is 0 Å². The van der Waals surface area contributed by atoms with Crippen LogP contribution in [0.5, 0.6) is 5.75 Å². The van der Waals surface area contributed by atoms with E-state index in [1.54, 1.807) is 0 Å². The second-order valence-electron chi connectivity index (χ2n) is 7.35. The summed E-state index contributed by atoms with van der Waals surface area (Å²) < 4.78 is 5.86. The predicted octanol–water partition coefficient (Wildman–Crippen LogP) is 5.27. The number of aromatic nitrogens is 1. The smallest absolute Gasteiger partial charge is 0.142 e. The summed E-state index contributed by atoms with van der Waals surface area (Å²) in [7, 11) is 0. The third kappa shape index (κ3) is 3.66. The molecule has 0 spiro atoms. The molecule has 0 saturated heterocycles. The SMILES string of the molecule is CC1=C(C#N)c2nc(N)c(C#N)c(C)c2C1=Cc1ccc(OCc2ccccc2)cc1. The van der Waals surface area contributed by atoms with E-state index in [0.717, 1.165) is 39.1 Å². The van der Waals surface area contributed by atoms with Crippen LogP contribution in [0.2, 0.25) is 0 Å². The van der Waals surface area contributed by atoms with Crippen molar-refractivity contribution in [3.8, 4) is 17.9 Å². The molecule has 0 fully saturated rings. The maximum atomic E-state index is 9.67. The maximum Gasteiger partial charge on any atom is 0.142 e. The number of benzene rings is 2. The Kier molecular flexibility index (Phi) is 5.26. The van der Waals surface area contributed by atoms with E-state index in [1.165, 1.54) is 0 Å². The van der Waals surface area contributed by atoms with E-state index in [1.807, 2.05) is 74.5 Å². The average Bonchev–Trinajstić information content (AvgIpc) is 3.04. The highest BCUT2D eigenvalue weighted by Gasteiger charge is 2.29. The zero-order chi connectivity index (χ0) is 22.0. The number of nitrogens with zero attached hydrogens (tertiary/aromatic N) is 3. The Morgan fingerprint density at radius 2 is 1.71 bits per heavy atom. The number of allylic oxidation sites excluding steroid dienone is 3. The van der Waals surface area contributed by atoms with Crippen LogP contribution < -0.4 is 10.5 Å². The summed E-state index contributed by atoms with van der Waals surface area (Å²) in [5.74, 6) is 0.931. The number of anilines is 1. The molecule has 5 nitrogen and oxygen atoms in total. The van der Waals surface area contributed by atoms with E-state index in [4.69, 9.17) is 10.5 Å². The molecule has 1 aliphatic carbocycles. The summed E-state index contributed by atoms with van der Waals surface area (Å²) in [4.78, 5) is 4.36. The number of hydrogen-bond donors (Lipinski definition) is 1. The minimum Gasteiger partial charge on any atom is -0.489 e.